The smallest absolute Gasteiger partial charge is 0.225 e. The number of nitrogens with one attached hydrogen (secondary N) is 2. The molecule has 0 aliphatic heterocycles. The third kappa shape index (κ3) is 5.86. The minimum absolute atomic E-state index is 0.00984. The van der Waals surface area contributed by atoms with Crippen molar-refractivity contribution in [3.8, 4) is 10.6 Å². The summed E-state index contributed by atoms with van der Waals surface area (Å²) in [5, 5.41) is 28.6. The van der Waals surface area contributed by atoms with Gasteiger partial charge in [-0.1, -0.05) is 0 Å². The Morgan fingerprint density at radius 2 is 1.76 bits per heavy atom. The van der Waals surface area contributed by atoms with Crippen molar-refractivity contribution in [1.29, 1.82) is 0 Å². The van der Waals surface area contributed by atoms with Crippen LogP contribution in [0, 0.1) is 30.3 Å². The molecule has 0 spiro atoms. The minimum atomic E-state index is -3.60. The molecule has 45 heavy (non-hydrogen) atoms. The van der Waals surface area contributed by atoms with E-state index in [1.807, 2.05) is 6.07 Å². The Hall–Kier alpha value is -3.40. The van der Waals surface area contributed by atoms with E-state index < -0.39 is 61.8 Å². The SMILES string of the molecule is Cc1nc(NCc2c(F)cc(F)cc2F)nc(N[C@@H]2C[C@H](C(C)(C)S(C)(=O)=O)[C@@H](O)[C@H]2O)c1-c1nc2c(C3CC3)nccc2s1. The summed E-state index contributed by atoms with van der Waals surface area (Å²) in [6, 6.07) is 2.24. The molecule has 0 amide bonds. The second-order valence-corrected chi connectivity index (χ2v) is 16.0. The summed E-state index contributed by atoms with van der Waals surface area (Å²) in [6.07, 6.45) is 2.36. The summed E-state index contributed by atoms with van der Waals surface area (Å²) in [5.41, 5.74) is 2.26. The van der Waals surface area contributed by atoms with Crippen molar-refractivity contribution < 1.29 is 31.8 Å². The summed E-state index contributed by atoms with van der Waals surface area (Å²) in [4.78, 5) is 18.6. The number of aliphatic hydroxyl groups excluding tert-OH is 2. The molecule has 240 valence electrons. The van der Waals surface area contributed by atoms with Crippen LogP contribution in [0.4, 0.5) is 24.9 Å². The molecule has 2 saturated carbocycles. The summed E-state index contributed by atoms with van der Waals surface area (Å²) in [7, 11) is -3.60. The van der Waals surface area contributed by atoms with Gasteiger partial charge in [0.15, 0.2) is 9.84 Å². The van der Waals surface area contributed by atoms with Crippen LogP contribution >= 0.6 is 11.3 Å². The first-order valence-corrected chi connectivity index (χ1v) is 17.2. The van der Waals surface area contributed by atoms with E-state index in [1.54, 1.807) is 13.1 Å². The topological polar surface area (TPSA) is 150 Å². The number of rotatable bonds is 9. The fourth-order valence-corrected chi connectivity index (χ4v) is 7.73. The van der Waals surface area contributed by atoms with Crippen molar-refractivity contribution >= 4 is 43.2 Å². The van der Waals surface area contributed by atoms with Gasteiger partial charge in [0.1, 0.15) is 39.9 Å². The maximum atomic E-state index is 14.3. The lowest BCUT2D eigenvalue weighted by molar-refractivity contribution is 0.0106. The zero-order chi connectivity index (χ0) is 32.4. The summed E-state index contributed by atoms with van der Waals surface area (Å²) >= 11 is 1.41. The number of pyridine rings is 1. The Bertz CT molecular complexity index is 1880. The Morgan fingerprint density at radius 3 is 2.40 bits per heavy atom. The third-order valence-corrected chi connectivity index (χ3v) is 12.2. The summed E-state index contributed by atoms with van der Waals surface area (Å²) in [5.74, 6) is -3.40. The largest absolute Gasteiger partial charge is 0.390 e. The number of sulfone groups is 1. The molecule has 15 heteroatoms. The fourth-order valence-electron chi connectivity index (χ4n) is 5.88. The third-order valence-electron chi connectivity index (χ3n) is 8.99. The zero-order valence-corrected chi connectivity index (χ0v) is 26.6. The van der Waals surface area contributed by atoms with Crippen LogP contribution in [0.3, 0.4) is 0 Å². The molecule has 1 aromatic carbocycles. The van der Waals surface area contributed by atoms with Gasteiger partial charge < -0.3 is 20.8 Å². The molecule has 2 fully saturated rings. The molecule has 3 aromatic heterocycles. The number of aryl methyl sites for hydroxylation is 1. The molecular formula is C30H33F3N6O4S2. The van der Waals surface area contributed by atoms with Crippen molar-refractivity contribution in [3.05, 3.63) is 58.8 Å². The predicted molar refractivity (Wildman–Crippen MR) is 165 cm³/mol. The second-order valence-electron chi connectivity index (χ2n) is 12.3. The number of anilines is 2. The number of hydrogen-bond acceptors (Lipinski definition) is 11. The first kappa shape index (κ1) is 31.6. The van der Waals surface area contributed by atoms with Crippen molar-refractivity contribution in [3.63, 3.8) is 0 Å². The Kier molecular flexibility index (Phi) is 8.03. The molecule has 0 saturated heterocycles. The van der Waals surface area contributed by atoms with Crippen LogP contribution in [0.1, 0.15) is 56.0 Å². The van der Waals surface area contributed by atoms with Gasteiger partial charge in [-0.25, -0.2) is 31.6 Å². The number of benzene rings is 1. The van der Waals surface area contributed by atoms with Gasteiger partial charge in [-0.05, 0) is 46.1 Å². The molecular weight excluding hydrogens is 629 g/mol. The van der Waals surface area contributed by atoms with E-state index in [-0.39, 0.29) is 24.7 Å². The number of thiazole rings is 1. The highest BCUT2D eigenvalue weighted by Crippen LogP contribution is 2.45. The van der Waals surface area contributed by atoms with Crippen molar-refractivity contribution in [2.24, 2.45) is 5.92 Å². The van der Waals surface area contributed by atoms with E-state index >= 15 is 0 Å². The Morgan fingerprint density at radius 1 is 1.07 bits per heavy atom. The van der Waals surface area contributed by atoms with E-state index in [1.165, 1.54) is 25.2 Å². The van der Waals surface area contributed by atoms with Crippen LogP contribution in [0.15, 0.2) is 24.4 Å². The molecule has 0 radical (unpaired) electrons. The maximum Gasteiger partial charge on any atom is 0.225 e. The summed E-state index contributed by atoms with van der Waals surface area (Å²) < 4.78 is 66.9. The molecule has 10 nitrogen and oxygen atoms in total. The van der Waals surface area contributed by atoms with Crippen molar-refractivity contribution in [2.45, 2.75) is 75.5 Å². The monoisotopic (exact) mass is 662 g/mol. The zero-order valence-electron chi connectivity index (χ0n) is 25.0. The lowest BCUT2D eigenvalue weighted by atomic mass is 9.91. The summed E-state index contributed by atoms with van der Waals surface area (Å²) in [6.45, 7) is 4.37. The minimum Gasteiger partial charge on any atom is -0.390 e. The van der Waals surface area contributed by atoms with Gasteiger partial charge in [0.05, 0.1) is 38.5 Å². The van der Waals surface area contributed by atoms with Crippen LogP contribution in [0.25, 0.3) is 20.8 Å². The van der Waals surface area contributed by atoms with Crippen LogP contribution < -0.4 is 10.6 Å². The molecule has 0 bridgehead atoms. The van der Waals surface area contributed by atoms with E-state index in [0.717, 1.165) is 35.0 Å². The standard InChI is InChI=1S/C30H33F3N6O4S2/c1-13-22(28-38-24-21(44-28)7-8-34-23(24)14-5-6-14)27(37-20-11-17(25(40)26(20)41)30(2,3)45(4,42)43)39-29(36-13)35-12-16-18(32)9-15(31)10-19(16)33/h7-10,14,17,20,25-26,40-41H,5-6,11-12H2,1-4H3,(H2,35,36,37,39)/t17-,20+,25+,26-/m0/s1. The first-order chi connectivity index (χ1) is 21.2. The maximum absolute atomic E-state index is 14.3. The lowest BCUT2D eigenvalue weighted by Gasteiger charge is -2.32. The van der Waals surface area contributed by atoms with Gasteiger partial charge in [0.25, 0.3) is 0 Å². The van der Waals surface area contributed by atoms with Crippen molar-refractivity contribution in [1.82, 2.24) is 19.9 Å². The molecule has 4 N–H and O–H groups in total. The molecule has 0 unspecified atom stereocenters. The van der Waals surface area contributed by atoms with Gasteiger partial charge in [0.2, 0.25) is 5.95 Å². The highest BCUT2D eigenvalue weighted by molar-refractivity contribution is 7.92. The second kappa shape index (κ2) is 11.4. The van der Waals surface area contributed by atoms with E-state index in [9.17, 15) is 31.8 Å². The van der Waals surface area contributed by atoms with Gasteiger partial charge in [-0.15, -0.1) is 11.3 Å². The molecule has 2 aliphatic rings. The highest BCUT2D eigenvalue weighted by Gasteiger charge is 2.52. The highest BCUT2D eigenvalue weighted by atomic mass is 32.2. The molecule has 6 rings (SSSR count). The first-order valence-electron chi connectivity index (χ1n) is 14.5. The van der Waals surface area contributed by atoms with Gasteiger partial charge >= 0.3 is 0 Å². The van der Waals surface area contributed by atoms with Crippen molar-refractivity contribution in [2.75, 3.05) is 16.9 Å². The number of nitrogens with zero attached hydrogens (tertiary/aromatic N) is 4. The average Bonchev–Trinajstić information content (AvgIpc) is 3.64. The Balaban J connectivity index is 1.39. The van der Waals surface area contributed by atoms with Gasteiger partial charge in [-0.2, -0.15) is 4.98 Å². The number of aliphatic hydroxyl groups is 2. The van der Waals surface area contributed by atoms with E-state index in [4.69, 9.17) is 4.98 Å². The lowest BCUT2D eigenvalue weighted by Crippen LogP contribution is -2.45. The van der Waals surface area contributed by atoms with E-state index in [2.05, 4.69) is 25.6 Å². The quantitative estimate of drug-likeness (QED) is 0.199. The van der Waals surface area contributed by atoms with E-state index in [0.29, 0.717) is 34.3 Å². The van der Waals surface area contributed by atoms with Crippen LogP contribution in [-0.4, -0.2) is 67.8 Å². The number of hydrogen-bond donors (Lipinski definition) is 4. The normalized spacial score (nSPS) is 22.2. The van der Waals surface area contributed by atoms with Gasteiger partial charge in [0, 0.05) is 48.5 Å². The predicted octanol–water partition coefficient (Wildman–Crippen LogP) is 4.71. The molecule has 4 atom stereocenters. The Labute approximate surface area is 262 Å². The number of halogens is 3. The molecule has 2 aliphatic carbocycles. The number of aromatic nitrogens is 4. The molecule has 4 aromatic rings. The average molecular weight is 663 g/mol. The van der Waals surface area contributed by atoms with Gasteiger partial charge in [-0.3, -0.25) is 4.98 Å². The van der Waals surface area contributed by atoms with Crippen LogP contribution in [0.2, 0.25) is 0 Å². The fraction of sp³-hybridized carbons (Fsp3) is 0.467. The van der Waals surface area contributed by atoms with Crippen LogP contribution in [-0.2, 0) is 16.4 Å². The van der Waals surface area contributed by atoms with Crippen LogP contribution in [0.5, 0.6) is 0 Å². The molecule has 3 heterocycles. The number of fused-ring (bicyclic) bond motifs is 1.